The lowest BCUT2D eigenvalue weighted by Gasteiger charge is -2.41. The van der Waals surface area contributed by atoms with Crippen LogP contribution in [0.2, 0.25) is 0 Å². The van der Waals surface area contributed by atoms with Crippen LogP contribution in [0.4, 0.5) is 0 Å². The molecule has 0 aromatic heterocycles. The van der Waals surface area contributed by atoms with Crippen molar-refractivity contribution in [1.82, 2.24) is 0 Å². The van der Waals surface area contributed by atoms with Crippen molar-refractivity contribution in [3.8, 4) is 0 Å². The number of unbranched alkanes of at least 4 members (excludes halogenated alkanes) is 7. The zero-order chi connectivity index (χ0) is 28.6. The van der Waals surface area contributed by atoms with Gasteiger partial charge < -0.3 is 30.0 Å². The first kappa shape index (κ1) is 31.8. The van der Waals surface area contributed by atoms with E-state index in [0.29, 0.717) is 31.3 Å². The molecule has 3 aliphatic carbocycles. The number of rotatable bonds is 18. The molecule has 39 heavy (non-hydrogen) atoms. The second kappa shape index (κ2) is 14.2. The molecule has 222 valence electrons. The summed E-state index contributed by atoms with van der Waals surface area (Å²) in [6.07, 6.45) is 11.7. The summed E-state index contributed by atoms with van der Waals surface area (Å²) >= 11 is 0. The quantitative estimate of drug-likeness (QED) is 0.110. The molecule has 8 heteroatoms. The highest BCUT2D eigenvalue weighted by atomic mass is 16.5. The van der Waals surface area contributed by atoms with Crippen molar-refractivity contribution < 1.29 is 39.5 Å². The number of aliphatic hydroxyl groups is 3. The lowest BCUT2D eigenvalue weighted by atomic mass is 9.66. The van der Waals surface area contributed by atoms with Crippen LogP contribution >= 0.6 is 0 Å². The smallest absolute Gasteiger partial charge is 0.331 e. The van der Waals surface area contributed by atoms with Gasteiger partial charge in [-0.2, -0.15) is 0 Å². The Labute approximate surface area is 233 Å². The molecule has 3 aliphatic rings. The fraction of sp³-hybridized carbons (Fsp3) is 0.839. The van der Waals surface area contributed by atoms with Gasteiger partial charge in [0.2, 0.25) is 0 Å². The SMILES string of the molecule is CC1(C)[C@H]2C[C@@]3([C@H](C=O)CC[C@@H]13)[C@@H](OC(=O)CCCCCCC[C@H](O)[C@@H](O)CCCCCCO)C=C2C(=O)O. The van der Waals surface area contributed by atoms with Crippen LogP contribution in [0.15, 0.2) is 11.6 Å². The summed E-state index contributed by atoms with van der Waals surface area (Å²) in [4.78, 5) is 37.0. The van der Waals surface area contributed by atoms with Gasteiger partial charge in [0, 0.05) is 29.9 Å². The van der Waals surface area contributed by atoms with Crippen LogP contribution in [0.3, 0.4) is 0 Å². The third-order valence-corrected chi connectivity index (χ3v) is 10.1. The Morgan fingerprint density at radius 1 is 0.974 bits per heavy atom. The highest BCUT2D eigenvalue weighted by molar-refractivity contribution is 5.88. The van der Waals surface area contributed by atoms with Crippen LogP contribution in [0, 0.1) is 28.6 Å². The summed E-state index contributed by atoms with van der Waals surface area (Å²) in [5.41, 5.74) is -0.459. The van der Waals surface area contributed by atoms with Crippen molar-refractivity contribution in [2.24, 2.45) is 28.6 Å². The van der Waals surface area contributed by atoms with Gasteiger partial charge in [0.15, 0.2) is 0 Å². The monoisotopic (exact) mass is 550 g/mol. The number of ether oxygens (including phenoxy) is 1. The molecule has 0 aromatic carbocycles. The zero-order valence-electron chi connectivity index (χ0n) is 23.9. The number of esters is 1. The van der Waals surface area contributed by atoms with Gasteiger partial charge in [-0.15, -0.1) is 0 Å². The molecule has 0 aliphatic heterocycles. The van der Waals surface area contributed by atoms with Gasteiger partial charge in [-0.1, -0.05) is 58.8 Å². The first-order valence-electron chi connectivity index (χ1n) is 15.2. The van der Waals surface area contributed by atoms with Crippen LogP contribution in [-0.2, 0) is 19.1 Å². The van der Waals surface area contributed by atoms with Gasteiger partial charge >= 0.3 is 11.9 Å². The molecule has 0 heterocycles. The van der Waals surface area contributed by atoms with Crippen LogP contribution < -0.4 is 0 Å². The maximum Gasteiger partial charge on any atom is 0.331 e. The fourth-order valence-corrected chi connectivity index (χ4v) is 7.95. The zero-order valence-corrected chi connectivity index (χ0v) is 23.9. The van der Waals surface area contributed by atoms with Crippen LogP contribution in [0.5, 0.6) is 0 Å². The molecule has 0 unspecified atom stereocenters. The first-order chi connectivity index (χ1) is 18.6. The fourth-order valence-electron chi connectivity index (χ4n) is 7.95. The number of hydrogen-bond donors (Lipinski definition) is 4. The molecule has 3 rings (SSSR count). The van der Waals surface area contributed by atoms with Crippen molar-refractivity contribution in [2.45, 2.75) is 128 Å². The Hall–Kier alpha value is -1.77. The minimum Gasteiger partial charge on any atom is -0.478 e. The minimum atomic E-state index is -0.970. The predicted octanol–water partition coefficient (Wildman–Crippen LogP) is 4.58. The van der Waals surface area contributed by atoms with Crippen LogP contribution in [0.1, 0.15) is 110 Å². The molecule has 8 nitrogen and oxygen atoms in total. The van der Waals surface area contributed by atoms with Gasteiger partial charge in [0.1, 0.15) is 12.4 Å². The standard InChI is InChI=1S/C31H50O8/c1-30(2)23-19-31(21(20-33)15-16-26(30)31)27(18-22(23)29(37)38)39-28(36)14-10-5-3-4-8-12-24(34)25(35)13-9-6-7-11-17-32/h18,20-21,23-27,32,34-35H,3-17,19H2,1-2H3,(H,37,38)/t21-,23-,24-,25-,26-,27-,31-/m0/s1. The summed E-state index contributed by atoms with van der Waals surface area (Å²) in [7, 11) is 0. The number of carbonyl (C=O) groups excluding carboxylic acids is 2. The molecule has 0 amide bonds. The average molecular weight is 551 g/mol. The van der Waals surface area contributed by atoms with E-state index in [1.807, 2.05) is 0 Å². The van der Waals surface area contributed by atoms with Crippen molar-refractivity contribution in [2.75, 3.05) is 6.61 Å². The Morgan fingerprint density at radius 2 is 1.56 bits per heavy atom. The summed E-state index contributed by atoms with van der Waals surface area (Å²) in [6, 6.07) is 0. The molecule has 0 radical (unpaired) electrons. The van der Waals surface area contributed by atoms with Crippen molar-refractivity contribution in [1.29, 1.82) is 0 Å². The van der Waals surface area contributed by atoms with E-state index in [0.717, 1.165) is 70.5 Å². The number of hydrogen-bond acceptors (Lipinski definition) is 7. The van der Waals surface area contributed by atoms with Crippen LogP contribution in [0.25, 0.3) is 0 Å². The average Bonchev–Trinajstić information content (AvgIpc) is 3.35. The molecule has 7 atom stereocenters. The summed E-state index contributed by atoms with van der Waals surface area (Å²) in [5.74, 6) is -1.55. The highest BCUT2D eigenvalue weighted by Crippen LogP contribution is 2.71. The van der Waals surface area contributed by atoms with E-state index in [4.69, 9.17) is 9.84 Å². The largest absolute Gasteiger partial charge is 0.478 e. The molecule has 0 aromatic rings. The Bertz CT molecular complexity index is 867. The number of fused-ring (bicyclic) bond motifs is 1. The molecule has 1 spiro atoms. The van der Waals surface area contributed by atoms with E-state index in [1.54, 1.807) is 6.08 Å². The first-order valence-corrected chi connectivity index (χ1v) is 15.2. The van der Waals surface area contributed by atoms with Gasteiger partial charge in [-0.3, -0.25) is 4.79 Å². The Kier molecular flexibility index (Phi) is 11.6. The van der Waals surface area contributed by atoms with Crippen molar-refractivity contribution >= 4 is 18.2 Å². The van der Waals surface area contributed by atoms with Gasteiger partial charge in [-0.05, 0) is 68.3 Å². The number of aliphatic hydroxyl groups excluding tert-OH is 3. The predicted molar refractivity (Wildman–Crippen MR) is 147 cm³/mol. The molecule has 2 saturated carbocycles. The topological polar surface area (TPSA) is 141 Å². The lowest BCUT2D eigenvalue weighted by molar-refractivity contribution is -0.158. The molecular formula is C31H50O8. The summed E-state index contributed by atoms with van der Waals surface area (Å²) in [5, 5.41) is 39.0. The highest BCUT2D eigenvalue weighted by Gasteiger charge is 2.69. The molecule has 2 bridgehead atoms. The molecule has 4 N–H and O–H groups in total. The van der Waals surface area contributed by atoms with Gasteiger partial charge in [-0.25, -0.2) is 4.79 Å². The van der Waals surface area contributed by atoms with E-state index < -0.39 is 29.7 Å². The maximum absolute atomic E-state index is 12.8. The molecule has 2 fully saturated rings. The minimum absolute atomic E-state index is 0.135. The van der Waals surface area contributed by atoms with Gasteiger partial charge in [0.25, 0.3) is 0 Å². The maximum atomic E-state index is 12.8. The molecular weight excluding hydrogens is 500 g/mol. The number of carboxylic acid groups (broad SMARTS) is 1. The van der Waals surface area contributed by atoms with E-state index >= 15 is 0 Å². The number of aliphatic carboxylic acids is 1. The van der Waals surface area contributed by atoms with E-state index in [2.05, 4.69) is 13.8 Å². The van der Waals surface area contributed by atoms with Crippen molar-refractivity contribution in [3.63, 3.8) is 0 Å². The number of carboxylic acids is 1. The third-order valence-electron chi connectivity index (χ3n) is 10.1. The van der Waals surface area contributed by atoms with E-state index in [-0.39, 0.29) is 42.2 Å². The summed E-state index contributed by atoms with van der Waals surface area (Å²) in [6.45, 7) is 4.39. The van der Waals surface area contributed by atoms with Crippen molar-refractivity contribution in [3.05, 3.63) is 11.6 Å². The normalized spacial score (nSPS) is 30.3. The Balaban J connectivity index is 1.40. The second-order valence-corrected chi connectivity index (χ2v) is 12.8. The summed E-state index contributed by atoms with van der Waals surface area (Å²) < 4.78 is 5.96. The second-order valence-electron chi connectivity index (χ2n) is 12.8. The molecule has 0 saturated heterocycles. The number of carbonyl (C=O) groups is 3. The van der Waals surface area contributed by atoms with E-state index in [9.17, 15) is 29.7 Å². The van der Waals surface area contributed by atoms with Gasteiger partial charge in [0.05, 0.1) is 12.2 Å². The van der Waals surface area contributed by atoms with Crippen LogP contribution in [-0.4, -0.2) is 63.6 Å². The van der Waals surface area contributed by atoms with E-state index in [1.165, 1.54) is 0 Å². The Morgan fingerprint density at radius 3 is 2.15 bits per heavy atom. The third kappa shape index (κ3) is 7.12. The lowest BCUT2D eigenvalue weighted by Crippen LogP contribution is -2.45. The number of aldehydes is 1.